The summed E-state index contributed by atoms with van der Waals surface area (Å²) in [6.07, 6.45) is 0. The van der Waals surface area contributed by atoms with Crippen molar-refractivity contribution in [1.82, 2.24) is 4.98 Å². The van der Waals surface area contributed by atoms with Crippen LogP contribution >= 0.6 is 11.3 Å². The number of aromatic nitrogens is 1. The first-order valence-corrected chi connectivity index (χ1v) is 9.52. The number of rotatable bonds is 5. The molecule has 128 valence electrons. The van der Waals surface area contributed by atoms with Crippen LogP contribution in [0.1, 0.15) is 5.01 Å². The maximum absolute atomic E-state index is 12.5. The average molecular weight is 375 g/mol. The van der Waals surface area contributed by atoms with Crippen LogP contribution in [0, 0.1) is 17.0 Å². The molecule has 1 N–H and O–H groups in total. The van der Waals surface area contributed by atoms with E-state index in [1.807, 2.05) is 12.3 Å². The normalized spacial score (nSPS) is 11.2. The number of thiazole rings is 1. The van der Waals surface area contributed by atoms with Crippen LogP contribution in [0.3, 0.4) is 0 Å². The number of benzene rings is 2. The van der Waals surface area contributed by atoms with Crippen LogP contribution in [0.5, 0.6) is 0 Å². The second-order valence-electron chi connectivity index (χ2n) is 5.16. The van der Waals surface area contributed by atoms with Crippen molar-refractivity contribution in [3.63, 3.8) is 0 Å². The van der Waals surface area contributed by atoms with Gasteiger partial charge in [-0.15, -0.1) is 11.3 Å². The van der Waals surface area contributed by atoms with Crippen LogP contribution in [-0.4, -0.2) is 18.3 Å². The maximum Gasteiger partial charge on any atom is 0.289 e. The van der Waals surface area contributed by atoms with Gasteiger partial charge in [-0.1, -0.05) is 24.3 Å². The lowest BCUT2D eigenvalue weighted by molar-refractivity contribution is -0.387. The second kappa shape index (κ2) is 6.61. The standard InChI is InChI=1S/C16H13N3O4S2/c1-11-17-14(10-24-11)12-6-8-13(9-7-12)18-25(22,23)16-5-3-2-4-15(16)19(20)21/h2-10,18H,1H3. The SMILES string of the molecule is Cc1nc(-c2ccc(NS(=O)(=O)c3ccccc3[N+](=O)[O-])cc2)cs1. The Hall–Kier alpha value is -2.78. The molecule has 3 rings (SSSR count). The Bertz CT molecular complexity index is 1030. The summed E-state index contributed by atoms with van der Waals surface area (Å²) >= 11 is 1.53. The van der Waals surface area contributed by atoms with Gasteiger partial charge in [-0.2, -0.15) is 0 Å². The largest absolute Gasteiger partial charge is 0.289 e. The van der Waals surface area contributed by atoms with E-state index < -0.39 is 20.6 Å². The van der Waals surface area contributed by atoms with Crippen LogP contribution in [0.4, 0.5) is 11.4 Å². The van der Waals surface area contributed by atoms with Gasteiger partial charge in [0.05, 0.1) is 15.6 Å². The van der Waals surface area contributed by atoms with Crippen LogP contribution < -0.4 is 4.72 Å². The maximum atomic E-state index is 12.5. The lowest BCUT2D eigenvalue weighted by Crippen LogP contribution is -2.14. The highest BCUT2D eigenvalue weighted by Gasteiger charge is 2.25. The molecule has 0 saturated carbocycles. The minimum Gasteiger partial charge on any atom is -0.279 e. The summed E-state index contributed by atoms with van der Waals surface area (Å²) in [6, 6.07) is 11.9. The molecule has 1 heterocycles. The summed E-state index contributed by atoms with van der Waals surface area (Å²) in [5.41, 5.74) is 1.52. The van der Waals surface area contributed by atoms with Gasteiger partial charge in [0.1, 0.15) is 0 Å². The van der Waals surface area contributed by atoms with E-state index >= 15 is 0 Å². The first kappa shape index (κ1) is 17.1. The van der Waals surface area contributed by atoms with Crippen LogP contribution in [0.25, 0.3) is 11.3 Å². The molecular formula is C16H13N3O4S2. The molecule has 2 aromatic carbocycles. The molecular weight excluding hydrogens is 362 g/mol. The number of hydrogen-bond donors (Lipinski definition) is 1. The molecule has 0 aliphatic carbocycles. The zero-order valence-corrected chi connectivity index (χ0v) is 14.7. The second-order valence-corrected chi connectivity index (χ2v) is 7.87. The third-order valence-corrected chi connectivity index (χ3v) is 5.61. The van der Waals surface area contributed by atoms with Gasteiger partial charge < -0.3 is 0 Å². The molecule has 0 fully saturated rings. The number of hydrogen-bond acceptors (Lipinski definition) is 6. The van der Waals surface area contributed by atoms with Crippen LogP contribution in [0.2, 0.25) is 0 Å². The Morgan fingerprint density at radius 1 is 1.12 bits per heavy atom. The van der Waals surface area contributed by atoms with E-state index in [4.69, 9.17) is 0 Å². The van der Waals surface area contributed by atoms with Crippen molar-refractivity contribution < 1.29 is 13.3 Å². The van der Waals surface area contributed by atoms with Crippen LogP contribution in [0.15, 0.2) is 58.8 Å². The van der Waals surface area contributed by atoms with E-state index in [0.29, 0.717) is 5.69 Å². The van der Waals surface area contributed by atoms with Crippen molar-refractivity contribution in [1.29, 1.82) is 0 Å². The van der Waals surface area contributed by atoms with Crippen molar-refractivity contribution >= 4 is 32.7 Å². The summed E-state index contributed by atoms with van der Waals surface area (Å²) in [5.74, 6) is 0. The molecule has 0 aliphatic heterocycles. The third-order valence-electron chi connectivity index (χ3n) is 3.40. The monoisotopic (exact) mass is 375 g/mol. The van der Waals surface area contributed by atoms with Gasteiger partial charge in [-0.3, -0.25) is 14.8 Å². The van der Waals surface area contributed by atoms with Crippen molar-refractivity contribution in [2.45, 2.75) is 11.8 Å². The predicted octanol–water partition coefficient (Wildman–Crippen LogP) is 3.83. The minimum absolute atomic E-state index is 0.314. The number of nitrogens with one attached hydrogen (secondary N) is 1. The first-order chi connectivity index (χ1) is 11.9. The number of nitrogens with zero attached hydrogens (tertiary/aromatic N) is 2. The zero-order valence-electron chi connectivity index (χ0n) is 13.0. The lowest BCUT2D eigenvalue weighted by Gasteiger charge is -2.09. The molecule has 0 bridgehead atoms. The Morgan fingerprint density at radius 3 is 2.40 bits per heavy atom. The van der Waals surface area contributed by atoms with E-state index in [0.717, 1.165) is 22.3 Å². The lowest BCUT2D eigenvalue weighted by atomic mass is 10.1. The molecule has 7 nitrogen and oxygen atoms in total. The highest BCUT2D eigenvalue weighted by molar-refractivity contribution is 7.92. The fraction of sp³-hybridized carbons (Fsp3) is 0.0625. The molecule has 0 aliphatic rings. The quantitative estimate of drug-likeness (QED) is 0.539. The Morgan fingerprint density at radius 2 is 1.80 bits per heavy atom. The molecule has 0 atom stereocenters. The Labute approximate surface area is 148 Å². The molecule has 0 unspecified atom stereocenters. The number of anilines is 1. The molecule has 0 radical (unpaired) electrons. The first-order valence-electron chi connectivity index (χ1n) is 7.15. The Balaban J connectivity index is 1.88. The number of sulfonamides is 1. The molecule has 3 aromatic rings. The van der Waals surface area contributed by atoms with Gasteiger partial charge in [-0.25, -0.2) is 13.4 Å². The summed E-state index contributed by atoms with van der Waals surface area (Å²) in [6.45, 7) is 1.91. The van der Waals surface area contributed by atoms with E-state index in [1.165, 1.54) is 29.5 Å². The molecule has 1 aromatic heterocycles. The van der Waals surface area contributed by atoms with E-state index in [9.17, 15) is 18.5 Å². The zero-order chi connectivity index (χ0) is 18.0. The fourth-order valence-electron chi connectivity index (χ4n) is 2.25. The molecule has 0 spiro atoms. The summed E-state index contributed by atoms with van der Waals surface area (Å²) in [4.78, 5) is 14.3. The van der Waals surface area contributed by atoms with Crippen molar-refractivity contribution in [2.75, 3.05) is 4.72 Å². The summed E-state index contributed by atoms with van der Waals surface area (Å²) in [5, 5.41) is 13.9. The molecule has 0 saturated heterocycles. The van der Waals surface area contributed by atoms with Gasteiger partial charge in [-0.05, 0) is 25.1 Å². The van der Waals surface area contributed by atoms with Gasteiger partial charge >= 0.3 is 0 Å². The smallest absolute Gasteiger partial charge is 0.279 e. The molecule has 9 heteroatoms. The van der Waals surface area contributed by atoms with E-state index in [2.05, 4.69) is 9.71 Å². The van der Waals surface area contributed by atoms with Gasteiger partial charge in [0.15, 0.2) is 4.90 Å². The van der Waals surface area contributed by atoms with Crippen molar-refractivity contribution in [2.24, 2.45) is 0 Å². The van der Waals surface area contributed by atoms with Crippen molar-refractivity contribution in [3.8, 4) is 11.3 Å². The van der Waals surface area contributed by atoms with Gasteiger partial charge in [0.25, 0.3) is 15.7 Å². The average Bonchev–Trinajstić information content (AvgIpc) is 3.01. The fourth-order valence-corrected chi connectivity index (χ4v) is 4.10. The number of aryl methyl sites for hydroxylation is 1. The highest BCUT2D eigenvalue weighted by atomic mass is 32.2. The summed E-state index contributed by atoms with van der Waals surface area (Å²) in [7, 11) is -4.07. The number of para-hydroxylation sites is 1. The van der Waals surface area contributed by atoms with E-state index in [-0.39, 0.29) is 4.90 Å². The van der Waals surface area contributed by atoms with Crippen molar-refractivity contribution in [3.05, 3.63) is 69.0 Å². The topological polar surface area (TPSA) is 102 Å². The summed E-state index contributed by atoms with van der Waals surface area (Å²) < 4.78 is 27.3. The molecule has 0 amide bonds. The third kappa shape index (κ3) is 3.67. The Kier molecular flexibility index (Phi) is 4.51. The highest BCUT2D eigenvalue weighted by Crippen LogP contribution is 2.27. The minimum atomic E-state index is -4.07. The van der Waals surface area contributed by atoms with Gasteiger partial charge in [0, 0.05) is 22.7 Å². The number of nitro benzene ring substituents is 1. The van der Waals surface area contributed by atoms with Crippen LogP contribution in [-0.2, 0) is 10.0 Å². The molecule has 25 heavy (non-hydrogen) atoms. The van der Waals surface area contributed by atoms with E-state index in [1.54, 1.807) is 24.3 Å². The number of nitro groups is 1. The predicted molar refractivity (Wildman–Crippen MR) is 96.2 cm³/mol. The van der Waals surface area contributed by atoms with Gasteiger partial charge in [0.2, 0.25) is 0 Å².